The van der Waals surface area contributed by atoms with Gasteiger partial charge in [-0.15, -0.1) is 0 Å². The lowest BCUT2D eigenvalue weighted by molar-refractivity contribution is 0.0842. The molecule has 3 N–H and O–H groups in total. The molecule has 0 aliphatic heterocycles. The second-order valence-corrected chi connectivity index (χ2v) is 6.94. The molecule has 1 atom stereocenters. The van der Waals surface area contributed by atoms with Gasteiger partial charge in [-0.1, -0.05) is 90.9 Å². The third kappa shape index (κ3) is 11.2. The summed E-state index contributed by atoms with van der Waals surface area (Å²) in [6.07, 6.45) is 17.1. The molecule has 0 spiro atoms. The maximum atomic E-state index is 10.0. The van der Waals surface area contributed by atoms with E-state index in [1.165, 1.54) is 77.0 Å². The van der Waals surface area contributed by atoms with Gasteiger partial charge in [-0.05, 0) is 19.8 Å². The van der Waals surface area contributed by atoms with Gasteiger partial charge in [-0.2, -0.15) is 0 Å². The van der Waals surface area contributed by atoms with Gasteiger partial charge in [0, 0.05) is 5.54 Å². The predicted octanol–water partition coefficient (Wildman–Crippen LogP) is 5.57. The van der Waals surface area contributed by atoms with Crippen LogP contribution in [-0.2, 0) is 0 Å². The molecule has 0 heterocycles. The summed E-state index contributed by atoms with van der Waals surface area (Å²) in [4.78, 5) is 0. The summed E-state index contributed by atoms with van der Waals surface area (Å²) < 4.78 is 0. The Labute approximate surface area is 133 Å². The van der Waals surface area contributed by atoms with E-state index < -0.39 is 0 Å². The predicted molar refractivity (Wildman–Crippen MR) is 94.6 cm³/mol. The van der Waals surface area contributed by atoms with Crippen molar-refractivity contribution < 1.29 is 5.11 Å². The molecule has 0 fully saturated rings. The fourth-order valence-electron chi connectivity index (χ4n) is 3.01. The summed E-state index contributed by atoms with van der Waals surface area (Å²) in [5.74, 6) is 0. The Bertz CT molecular complexity index is 200. The summed E-state index contributed by atoms with van der Waals surface area (Å²) >= 11 is 0. The zero-order chi connectivity index (χ0) is 16.0. The van der Waals surface area contributed by atoms with Crippen LogP contribution in [0.1, 0.15) is 111 Å². The Balaban J connectivity index is 3.79. The Morgan fingerprint density at radius 1 is 0.714 bits per heavy atom. The van der Waals surface area contributed by atoms with Crippen LogP contribution in [0.5, 0.6) is 0 Å². The van der Waals surface area contributed by atoms with E-state index in [-0.39, 0.29) is 11.6 Å². The third-order valence-corrected chi connectivity index (χ3v) is 4.82. The standard InChI is InChI=1S/C19H41NO/c1-4-6-8-10-12-14-16-19(20,18(3)21)17-15-13-11-9-7-5-2/h18,21H,4-17,20H2,1-3H3. The van der Waals surface area contributed by atoms with Gasteiger partial charge in [0.25, 0.3) is 0 Å². The van der Waals surface area contributed by atoms with Crippen molar-refractivity contribution in [3.63, 3.8) is 0 Å². The molecular formula is C19H41NO. The van der Waals surface area contributed by atoms with Crippen molar-refractivity contribution >= 4 is 0 Å². The Kier molecular flexibility index (Phi) is 13.5. The first kappa shape index (κ1) is 20.9. The number of hydrogen-bond acceptors (Lipinski definition) is 2. The molecule has 2 heteroatoms. The van der Waals surface area contributed by atoms with E-state index in [1.807, 2.05) is 6.92 Å². The molecule has 0 radical (unpaired) electrons. The van der Waals surface area contributed by atoms with E-state index in [9.17, 15) is 5.11 Å². The lowest BCUT2D eigenvalue weighted by Gasteiger charge is -2.33. The monoisotopic (exact) mass is 299 g/mol. The van der Waals surface area contributed by atoms with Gasteiger partial charge in [0.15, 0.2) is 0 Å². The van der Waals surface area contributed by atoms with Crippen molar-refractivity contribution in [1.82, 2.24) is 0 Å². The maximum Gasteiger partial charge on any atom is 0.0691 e. The highest BCUT2D eigenvalue weighted by Crippen LogP contribution is 2.24. The summed E-state index contributed by atoms with van der Waals surface area (Å²) in [6.45, 7) is 6.37. The number of aliphatic hydroxyl groups excluding tert-OH is 1. The summed E-state index contributed by atoms with van der Waals surface area (Å²) in [5.41, 5.74) is 6.12. The van der Waals surface area contributed by atoms with Gasteiger partial charge < -0.3 is 10.8 Å². The normalized spacial score (nSPS) is 13.6. The van der Waals surface area contributed by atoms with E-state index in [1.54, 1.807) is 0 Å². The van der Waals surface area contributed by atoms with Crippen LogP contribution in [0, 0.1) is 0 Å². The SMILES string of the molecule is CCCCCCCCC(N)(CCCCCCCC)C(C)O. The minimum atomic E-state index is -0.385. The van der Waals surface area contributed by atoms with Crippen molar-refractivity contribution in [2.75, 3.05) is 0 Å². The van der Waals surface area contributed by atoms with Crippen LogP contribution in [0.3, 0.4) is 0 Å². The zero-order valence-electron chi connectivity index (χ0n) is 15.0. The molecule has 0 bridgehead atoms. The topological polar surface area (TPSA) is 46.2 Å². The average Bonchev–Trinajstić information content (AvgIpc) is 2.46. The molecule has 2 nitrogen and oxygen atoms in total. The fraction of sp³-hybridized carbons (Fsp3) is 1.00. The molecule has 0 saturated heterocycles. The minimum absolute atomic E-state index is 0.352. The number of rotatable bonds is 15. The number of hydrogen-bond donors (Lipinski definition) is 2. The minimum Gasteiger partial charge on any atom is -0.392 e. The lowest BCUT2D eigenvalue weighted by atomic mass is 9.83. The van der Waals surface area contributed by atoms with E-state index >= 15 is 0 Å². The van der Waals surface area contributed by atoms with Crippen LogP contribution in [0.2, 0.25) is 0 Å². The highest BCUT2D eigenvalue weighted by molar-refractivity contribution is 4.89. The molecule has 0 aromatic rings. The Morgan fingerprint density at radius 2 is 1.05 bits per heavy atom. The molecule has 0 aromatic heterocycles. The molecule has 0 saturated carbocycles. The third-order valence-electron chi connectivity index (χ3n) is 4.82. The van der Waals surface area contributed by atoms with Crippen LogP contribution >= 0.6 is 0 Å². The quantitative estimate of drug-likeness (QED) is 0.388. The first-order valence-electron chi connectivity index (χ1n) is 9.53. The van der Waals surface area contributed by atoms with E-state index in [0.717, 1.165) is 12.8 Å². The molecule has 21 heavy (non-hydrogen) atoms. The Hall–Kier alpha value is -0.0800. The summed E-state index contributed by atoms with van der Waals surface area (Å²) in [5, 5.41) is 10.0. The molecule has 0 aliphatic carbocycles. The average molecular weight is 300 g/mol. The van der Waals surface area contributed by atoms with Crippen molar-refractivity contribution in [3.05, 3.63) is 0 Å². The maximum absolute atomic E-state index is 10.0. The largest absolute Gasteiger partial charge is 0.392 e. The van der Waals surface area contributed by atoms with Crippen molar-refractivity contribution in [2.24, 2.45) is 5.73 Å². The van der Waals surface area contributed by atoms with E-state index in [0.29, 0.717) is 0 Å². The van der Waals surface area contributed by atoms with Crippen LogP contribution in [0.4, 0.5) is 0 Å². The highest BCUT2D eigenvalue weighted by atomic mass is 16.3. The molecule has 128 valence electrons. The van der Waals surface area contributed by atoms with Crippen molar-refractivity contribution in [2.45, 2.75) is 122 Å². The molecular weight excluding hydrogens is 258 g/mol. The fourth-order valence-corrected chi connectivity index (χ4v) is 3.01. The van der Waals surface area contributed by atoms with Gasteiger partial charge in [-0.25, -0.2) is 0 Å². The first-order chi connectivity index (χ1) is 10.1. The highest BCUT2D eigenvalue weighted by Gasteiger charge is 2.29. The number of aliphatic hydroxyl groups is 1. The van der Waals surface area contributed by atoms with Gasteiger partial charge >= 0.3 is 0 Å². The molecule has 0 rings (SSSR count). The van der Waals surface area contributed by atoms with E-state index in [4.69, 9.17) is 5.73 Å². The Morgan fingerprint density at radius 3 is 1.38 bits per heavy atom. The van der Waals surface area contributed by atoms with Crippen molar-refractivity contribution in [1.29, 1.82) is 0 Å². The second kappa shape index (κ2) is 13.6. The molecule has 1 unspecified atom stereocenters. The van der Waals surface area contributed by atoms with Crippen LogP contribution < -0.4 is 5.73 Å². The zero-order valence-corrected chi connectivity index (χ0v) is 15.0. The van der Waals surface area contributed by atoms with Crippen LogP contribution in [-0.4, -0.2) is 16.7 Å². The van der Waals surface area contributed by atoms with Gasteiger partial charge in [-0.3, -0.25) is 0 Å². The molecule has 0 aliphatic rings. The lowest BCUT2D eigenvalue weighted by Crippen LogP contribution is -2.49. The molecule has 0 aromatic carbocycles. The second-order valence-electron chi connectivity index (χ2n) is 6.94. The smallest absolute Gasteiger partial charge is 0.0691 e. The number of unbranched alkanes of at least 4 members (excludes halogenated alkanes) is 10. The van der Waals surface area contributed by atoms with Crippen LogP contribution in [0.15, 0.2) is 0 Å². The van der Waals surface area contributed by atoms with Gasteiger partial charge in [0.1, 0.15) is 0 Å². The van der Waals surface area contributed by atoms with Crippen molar-refractivity contribution in [3.8, 4) is 0 Å². The molecule has 0 amide bonds. The first-order valence-corrected chi connectivity index (χ1v) is 9.53. The van der Waals surface area contributed by atoms with Crippen LogP contribution in [0.25, 0.3) is 0 Å². The summed E-state index contributed by atoms with van der Waals surface area (Å²) in [7, 11) is 0. The van der Waals surface area contributed by atoms with Gasteiger partial charge in [0.05, 0.1) is 6.10 Å². The summed E-state index contributed by atoms with van der Waals surface area (Å²) in [6, 6.07) is 0. The number of nitrogens with two attached hydrogens (primary N) is 1. The van der Waals surface area contributed by atoms with Gasteiger partial charge in [0.2, 0.25) is 0 Å². The van der Waals surface area contributed by atoms with E-state index in [2.05, 4.69) is 13.8 Å².